The van der Waals surface area contributed by atoms with Crippen molar-refractivity contribution in [1.82, 2.24) is 24.5 Å². The van der Waals surface area contributed by atoms with Gasteiger partial charge in [0.1, 0.15) is 29.2 Å². The van der Waals surface area contributed by atoms with Crippen LogP contribution in [0, 0.1) is 5.82 Å². The normalized spacial score (nSPS) is 14.9. The Morgan fingerprint density at radius 2 is 1.85 bits per heavy atom. The van der Waals surface area contributed by atoms with Gasteiger partial charge in [-0.2, -0.15) is 19.0 Å². The van der Waals surface area contributed by atoms with Gasteiger partial charge in [0.05, 0.1) is 35.4 Å². The predicted molar refractivity (Wildman–Crippen MR) is 169 cm³/mol. The van der Waals surface area contributed by atoms with Gasteiger partial charge in [-0.3, -0.25) is 14.1 Å². The van der Waals surface area contributed by atoms with Crippen LogP contribution in [0.25, 0.3) is 33.3 Å². The summed E-state index contributed by atoms with van der Waals surface area (Å²) in [7, 11) is -1.88. The van der Waals surface area contributed by atoms with Crippen LogP contribution in [0.3, 0.4) is 0 Å². The lowest BCUT2D eigenvalue weighted by molar-refractivity contribution is 0.0662. The molecule has 3 N–H and O–H groups in total. The van der Waals surface area contributed by atoms with E-state index in [0.29, 0.717) is 40.9 Å². The fourth-order valence-corrected chi connectivity index (χ4v) is 6.17. The number of hydrogen-bond donors (Lipinski definition) is 2. The molecule has 6 rings (SSSR count). The van der Waals surface area contributed by atoms with E-state index >= 15 is 0 Å². The molecule has 1 atom stereocenters. The molecule has 47 heavy (non-hydrogen) atoms. The molecule has 3 aromatic heterocycles. The van der Waals surface area contributed by atoms with Gasteiger partial charge < -0.3 is 19.9 Å². The summed E-state index contributed by atoms with van der Waals surface area (Å²) in [5, 5.41) is 9.84. The Morgan fingerprint density at radius 1 is 1.11 bits per heavy atom. The lowest BCUT2D eigenvalue weighted by atomic mass is 10.0. The van der Waals surface area contributed by atoms with Crippen LogP contribution in [0.5, 0.6) is 5.75 Å². The molecule has 0 amide bonds. The van der Waals surface area contributed by atoms with E-state index in [-0.39, 0.29) is 29.9 Å². The second-order valence-electron chi connectivity index (χ2n) is 11.0. The second-order valence-corrected chi connectivity index (χ2v) is 12.7. The number of benzene rings is 2. The molecule has 0 radical (unpaired) electrons. The molecule has 1 aliphatic rings. The number of sulfonamides is 1. The van der Waals surface area contributed by atoms with Crippen molar-refractivity contribution >= 4 is 32.4 Å². The first-order valence-corrected chi connectivity index (χ1v) is 16.2. The number of nitrogen functional groups attached to an aromatic ring is 1. The van der Waals surface area contributed by atoms with E-state index in [1.54, 1.807) is 24.1 Å². The quantitative estimate of drug-likeness (QED) is 0.191. The Morgan fingerprint density at radius 3 is 2.55 bits per heavy atom. The summed E-state index contributed by atoms with van der Waals surface area (Å²) in [4.78, 5) is 4.45. The fourth-order valence-electron chi connectivity index (χ4n) is 5.60. The van der Waals surface area contributed by atoms with Crippen LogP contribution >= 0.6 is 0 Å². The number of anilines is 2. The molecule has 1 aliphatic heterocycles. The number of alkyl halides is 2. The van der Waals surface area contributed by atoms with Crippen molar-refractivity contribution in [2.75, 3.05) is 37.4 Å². The van der Waals surface area contributed by atoms with Crippen molar-refractivity contribution in [3.63, 3.8) is 0 Å². The average molecular weight is 672 g/mol. The number of nitrogens with one attached hydrogen (secondary N) is 1. The molecule has 2 aromatic carbocycles. The van der Waals surface area contributed by atoms with Crippen LogP contribution in [-0.2, 0) is 26.5 Å². The number of nitrogens with two attached hydrogens (primary N) is 1. The SMILES string of the molecule is COCC(Oc1cc(-c2nn(C)c3c(-c4cnn(C5CCOCC5)c4)cnc(N)c23)ccc1NS(=O)(=O)C(F)F)c1ccc(F)cc1. The number of nitrogens with zero attached hydrogens (tertiary/aromatic N) is 5. The maximum Gasteiger partial charge on any atom is 0.355 e. The van der Waals surface area contributed by atoms with E-state index in [1.165, 1.54) is 49.6 Å². The van der Waals surface area contributed by atoms with Gasteiger partial charge in [0.15, 0.2) is 0 Å². The van der Waals surface area contributed by atoms with Crippen LogP contribution < -0.4 is 15.2 Å². The van der Waals surface area contributed by atoms with E-state index in [2.05, 4.69) is 10.1 Å². The molecule has 0 spiro atoms. The van der Waals surface area contributed by atoms with Gasteiger partial charge in [-0.1, -0.05) is 18.2 Å². The average Bonchev–Trinajstić information content (AvgIpc) is 3.69. The van der Waals surface area contributed by atoms with Crippen molar-refractivity contribution in [3.8, 4) is 28.1 Å². The molecule has 5 aromatic rings. The number of aromatic nitrogens is 5. The smallest absolute Gasteiger partial charge is 0.355 e. The number of methoxy groups -OCH3 is 1. The molecular weight excluding hydrogens is 639 g/mol. The zero-order valence-corrected chi connectivity index (χ0v) is 26.3. The number of fused-ring (bicyclic) bond motifs is 1. The fraction of sp³-hybridized carbons (Fsp3) is 0.323. The van der Waals surface area contributed by atoms with Gasteiger partial charge in [0.25, 0.3) is 10.0 Å². The van der Waals surface area contributed by atoms with Crippen molar-refractivity contribution in [3.05, 3.63) is 72.4 Å². The summed E-state index contributed by atoms with van der Waals surface area (Å²) in [6.45, 7) is 1.32. The summed E-state index contributed by atoms with van der Waals surface area (Å²) in [5.41, 5.74) is 9.73. The summed E-state index contributed by atoms with van der Waals surface area (Å²) in [6, 6.07) is 9.92. The zero-order chi connectivity index (χ0) is 33.3. The van der Waals surface area contributed by atoms with Gasteiger partial charge in [0.2, 0.25) is 0 Å². The zero-order valence-electron chi connectivity index (χ0n) is 25.4. The number of rotatable bonds is 11. The van der Waals surface area contributed by atoms with Crippen LogP contribution in [0.4, 0.5) is 24.7 Å². The van der Waals surface area contributed by atoms with Gasteiger partial charge in [-0.15, -0.1) is 0 Å². The monoisotopic (exact) mass is 671 g/mol. The van der Waals surface area contributed by atoms with Crippen molar-refractivity contribution in [1.29, 1.82) is 0 Å². The lowest BCUT2D eigenvalue weighted by Crippen LogP contribution is -2.21. The Balaban J connectivity index is 1.44. The van der Waals surface area contributed by atoms with Crippen LogP contribution in [0.15, 0.2) is 61.1 Å². The Bertz CT molecular complexity index is 1990. The summed E-state index contributed by atoms with van der Waals surface area (Å²) in [5.74, 6) is -4.07. The second kappa shape index (κ2) is 13.2. The van der Waals surface area contributed by atoms with Crippen molar-refractivity contribution < 1.29 is 35.8 Å². The number of ether oxygens (including phenoxy) is 3. The summed E-state index contributed by atoms with van der Waals surface area (Å²) >= 11 is 0. The van der Waals surface area contributed by atoms with Crippen molar-refractivity contribution in [2.24, 2.45) is 7.05 Å². The van der Waals surface area contributed by atoms with Crippen LogP contribution in [-0.4, -0.2) is 65.7 Å². The number of hydrogen-bond acceptors (Lipinski definition) is 9. The maximum absolute atomic E-state index is 13.7. The van der Waals surface area contributed by atoms with E-state index in [9.17, 15) is 21.6 Å². The molecule has 1 unspecified atom stereocenters. The Kier molecular flexibility index (Phi) is 9.07. The minimum absolute atomic E-state index is 0.0226. The molecule has 16 heteroatoms. The van der Waals surface area contributed by atoms with Crippen molar-refractivity contribution in [2.45, 2.75) is 30.7 Å². The first-order valence-electron chi connectivity index (χ1n) is 14.6. The molecule has 12 nitrogen and oxygen atoms in total. The van der Waals surface area contributed by atoms with E-state index < -0.39 is 27.7 Å². The molecule has 1 saturated heterocycles. The highest BCUT2D eigenvalue weighted by atomic mass is 32.2. The molecule has 248 valence electrons. The third-order valence-corrected chi connectivity index (χ3v) is 8.91. The van der Waals surface area contributed by atoms with Crippen LogP contribution in [0.1, 0.15) is 30.6 Å². The minimum Gasteiger partial charge on any atom is -0.481 e. The molecule has 0 bridgehead atoms. The third-order valence-electron chi connectivity index (χ3n) is 7.94. The highest BCUT2D eigenvalue weighted by molar-refractivity contribution is 7.93. The number of aryl methyl sites for hydroxylation is 1. The van der Waals surface area contributed by atoms with E-state index in [0.717, 1.165) is 24.0 Å². The van der Waals surface area contributed by atoms with Gasteiger partial charge in [0, 0.05) is 56.5 Å². The Hall–Kier alpha value is -4.67. The van der Waals surface area contributed by atoms with Gasteiger partial charge in [-0.05, 0) is 42.7 Å². The predicted octanol–water partition coefficient (Wildman–Crippen LogP) is 5.30. The largest absolute Gasteiger partial charge is 0.481 e. The number of halogens is 3. The van der Waals surface area contributed by atoms with E-state index in [4.69, 9.17) is 25.0 Å². The Labute approximate surface area is 268 Å². The summed E-state index contributed by atoms with van der Waals surface area (Å²) < 4.78 is 87.2. The van der Waals surface area contributed by atoms with Gasteiger partial charge in [-0.25, -0.2) is 17.8 Å². The molecule has 0 saturated carbocycles. The first kappa shape index (κ1) is 32.3. The molecule has 4 heterocycles. The highest BCUT2D eigenvalue weighted by Crippen LogP contribution is 2.40. The first-order chi connectivity index (χ1) is 22.6. The maximum atomic E-state index is 13.7. The molecular formula is C31H32F3N7O5S. The number of pyridine rings is 1. The van der Waals surface area contributed by atoms with Crippen LogP contribution in [0.2, 0.25) is 0 Å². The highest BCUT2D eigenvalue weighted by Gasteiger charge is 2.28. The molecule has 1 fully saturated rings. The minimum atomic E-state index is -5.06. The molecule has 0 aliphatic carbocycles. The summed E-state index contributed by atoms with van der Waals surface area (Å²) in [6.07, 6.45) is 6.21. The van der Waals surface area contributed by atoms with Gasteiger partial charge >= 0.3 is 5.76 Å². The standard InChI is InChI=1S/C31H32F3N7O5S/c1-40-29-23(20-14-37-41(16-20)22-9-11-45-12-10-22)15-36-30(35)27(29)28(38-40)19-5-8-24(39-47(42,43)31(33)34)25(13-19)46-26(17-44-2)18-3-6-21(32)7-4-18/h3-8,13-16,22,26,31,39H,9-12,17H2,1-2H3,(H2,35,36). The van der Waals surface area contributed by atoms with E-state index in [1.807, 2.05) is 15.6 Å². The third kappa shape index (κ3) is 6.61. The topological polar surface area (TPSA) is 148 Å². The lowest BCUT2D eigenvalue weighted by Gasteiger charge is -2.22.